The summed E-state index contributed by atoms with van der Waals surface area (Å²) in [4.78, 5) is 22.7. The highest BCUT2D eigenvalue weighted by atomic mass is 16.2. The van der Waals surface area contributed by atoms with Gasteiger partial charge in [-0.05, 0) is 31.9 Å². The van der Waals surface area contributed by atoms with E-state index >= 15 is 0 Å². The number of amides is 1. The molecule has 0 fully saturated rings. The molecule has 1 unspecified atom stereocenters. The minimum absolute atomic E-state index is 0.0787. The summed E-state index contributed by atoms with van der Waals surface area (Å²) in [5, 5.41) is 0. The maximum atomic E-state index is 12.6. The second-order valence-electron chi connectivity index (χ2n) is 4.90. The van der Waals surface area contributed by atoms with E-state index in [1.807, 2.05) is 30.0 Å². The van der Waals surface area contributed by atoms with Crippen LogP contribution in [-0.2, 0) is 6.42 Å². The molecular formula is C15H15N3O. The highest BCUT2D eigenvalue weighted by Gasteiger charge is 2.31. The second-order valence-corrected chi connectivity index (χ2v) is 4.90. The van der Waals surface area contributed by atoms with Crippen LogP contribution in [0.3, 0.4) is 0 Å². The predicted molar refractivity (Wildman–Crippen MR) is 73.2 cm³/mol. The molecule has 19 heavy (non-hydrogen) atoms. The number of rotatable bonds is 1. The Kier molecular flexibility index (Phi) is 2.78. The van der Waals surface area contributed by atoms with E-state index in [9.17, 15) is 4.79 Å². The van der Waals surface area contributed by atoms with Gasteiger partial charge in [0.2, 0.25) is 0 Å². The van der Waals surface area contributed by atoms with Crippen molar-refractivity contribution < 1.29 is 4.79 Å². The largest absolute Gasteiger partial charge is 0.304 e. The molecule has 0 N–H and O–H groups in total. The van der Waals surface area contributed by atoms with Crippen molar-refractivity contribution in [2.45, 2.75) is 26.3 Å². The zero-order valence-corrected chi connectivity index (χ0v) is 11.0. The van der Waals surface area contributed by atoms with Gasteiger partial charge in [-0.25, -0.2) is 4.98 Å². The van der Waals surface area contributed by atoms with E-state index in [1.165, 1.54) is 5.56 Å². The van der Waals surface area contributed by atoms with Crippen LogP contribution in [0.1, 0.15) is 28.7 Å². The number of hydrogen-bond acceptors (Lipinski definition) is 3. The topological polar surface area (TPSA) is 46.1 Å². The second kappa shape index (κ2) is 4.46. The molecule has 4 nitrogen and oxygen atoms in total. The SMILES string of the molecule is Cc1cnc(C(=O)N2c3ccccc3CC2C)cn1. The van der Waals surface area contributed by atoms with E-state index in [0.29, 0.717) is 5.69 Å². The molecular weight excluding hydrogens is 238 g/mol. The monoisotopic (exact) mass is 253 g/mol. The maximum Gasteiger partial charge on any atom is 0.278 e. The summed E-state index contributed by atoms with van der Waals surface area (Å²) in [7, 11) is 0. The van der Waals surface area contributed by atoms with Gasteiger partial charge >= 0.3 is 0 Å². The van der Waals surface area contributed by atoms with Crippen LogP contribution in [0, 0.1) is 6.92 Å². The van der Waals surface area contributed by atoms with E-state index in [2.05, 4.69) is 23.0 Å². The summed E-state index contributed by atoms with van der Waals surface area (Å²) in [6.45, 7) is 3.91. The molecule has 2 heterocycles. The first-order valence-corrected chi connectivity index (χ1v) is 6.37. The summed E-state index contributed by atoms with van der Waals surface area (Å²) >= 11 is 0. The number of hydrogen-bond donors (Lipinski definition) is 0. The van der Waals surface area contributed by atoms with Crippen molar-refractivity contribution in [3.05, 3.63) is 53.6 Å². The van der Waals surface area contributed by atoms with Crippen LogP contribution in [0.2, 0.25) is 0 Å². The average Bonchev–Trinajstić information content (AvgIpc) is 2.74. The van der Waals surface area contributed by atoms with Crippen molar-refractivity contribution in [2.75, 3.05) is 4.90 Å². The van der Waals surface area contributed by atoms with Crippen LogP contribution in [0.25, 0.3) is 0 Å². The highest BCUT2D eigenvalue weighted by molar-refractivity contribution is 6.06. The Morgan fingerprint density at radius 2 is 2.05 bits per heavy atom. The summed E-state index contributed by atoms with van der Waals surface area (Å²) in [5.74, 6) is -0.0787. The highest BCUT2D eigenvalue weighted by Crippen LogP contribution is 2.32. The number of aromatic nitrogens is 2. The number of carbonyl (C=O) groups excluding carboxylic acids is 1. The van der Waals surface area contributed by atoms with Crippen molar-refractivity contribution in [2.24, 2.45) is 0 Å². The van der Waals surface area contributed by atoms with E-state index in [1.54, 1.807) is 12.4 Å². The van der Waals surface area contributed by atoms with Crippen molar-refractivity contribution in [1.82, 2.24) is 9.97 Å². The Labute approximate surface area is 112 Å². The molecule has 1 aromatic heterocycles. The van der Waals surface area contributed by atoms with Crippen molar-refractivity contribution >= 4 is 11.6 Å². The Balaban J connectivity index is 1.98. The third kappa shape index (κ3) is 1.99. The number of fused-ring (bicyclic) bond motifs is 1. The molecule has 0 radical (unpaired) electrons. The van der Waals surface area contributed by atoms with Gasteiger partial charge in [-0.1, -0.05) is 18.2 Å². The van der Waals surface area contributed by atoms with Gasteiger partial charge in [0.15, 0.2) is 0 Å². The molecule has 0 saturated carbocycles. The smallest absolute Gasteiger partial charge is 0.278 e. The standard InChI is InChI=1S/C15H15N3O/c1-10-8-17-13(9-16-10)15(19)18-11(2)7-12-5-3-4-6-14(12)18/h3-6,8-9,11H,7H2,1-2H3. The fraction of sp³-hybridized carbons (Fsp3) is 0.267. The number of nitrogens with zero attached hydrogens (tertiary/aromatic N) is 3. The summed E-state index contributed by atoms with van der Waals surface area (Å²) in [6.07, 6.45) is 4.06. The van der Waals surface area contributed by atoms with Gasteiger partial charge in [-0.15, -0.1) is 0 Å². The van der Waals surface area contributed by atoms with Gasteiger partial charge in [0.1, 0.15) is 5.69 Å². The molecule has 3 rings (SSSR count). The Bertz CT molecular complexity index is 622. The van der Waals surface area contributed by atoms with Gasteiger partial charge in [-0.2, -0.15) is 0 Å². The normalized spacial score (nSPS) is 17.4. The molecule has 0 bridgehead atoms. The molecule has 4 heteroatoms. The Morgan fingerprint density at radius 1 is 1.26 bits per heavy atom. The molecule has 0 spiro atoms. The van der Waals surface area contributed by atoms with Gasteiger partial charge in [-0.3, -0.25) is 9.78 Å². The van der Waals surface area contributed by atoms with Crippen LogP contribution in [-0.4, -0.2) is 21.9 Å². The van der Waals surface area contributed by atoms with Crippen LogP contribution >= 0.6 is 0 Å². The molecule has 1 atom stereocenters. The lowest BCUT2D eigenvalue weighted by Gasteiger charge is -2.22. The number of aryl methyl sites for hydroxylation is 1. The molecule has 0 saturated heterocycles. The number of anilines is 1. The molecule has 0 aliphatic carbocycles. The quantitative estimate of drug-likeness (QED) is 0.784. The lowest BCUT2D eigenvalue weighted by atomic mass is 10.1. The number of benzene rings is 1. The summed E-state index contributed by atoms with van der Waals surface area (Å²) in [6, 6.07) is 8.18. The first kappa shape index (κ1) is 11.8. The predicted octanol–water partition coefficient (Wildman–Crippen LogP) is 2.38. The first-order chi connectivity index (χ1) is 9.16. The van der Waals surface area contributed by atoms with Crippen molar-refractivity contribution in [3.8, 4) is 0 Å². The average molecular weight is 253 g/mol. The summed E-state index contributed by atoms with van der Waals surface area (Å²) < 4.78 is 0. The molecule has 1 aliphatic rings. The summed E-state index contributed by atoms with van der Waals surface area (Å²) in [5.41, 5.74) is 3.41. The molecule has 1 aromatic carbocycles. The van der Waals surface area contributed by atoms with Gasteiger partial charge < -0.3 is 4.90 Å². The fourth-order valence-corrected chi connectivity index (χ4v) is 2.50. The third-order valence-corrected chi connectivity index (χ3v) is 3.43. The van der Waals surface area contributed by atoms with Crippen LogP contribution in [0.15, 0.2) is 36.7 Å². The van der Waals surface area contributed by atoms with Crippen LogP contribution < -0.4 is 4.90 Å². The van der Waals surface area contributed by atoms with Crippen LogP contribution in [0.5, 0.6) is 0 Å². The van der Waals surface area contributed by atoms with Gasteiger partial charge in [0, 0.05) is 17.9 Å². The van der Waals surface area contributed by atoms with E-state index < -0.39 is 0 Å². The van der Waals surface area contributed by atoms with Crippen molar-refractivity contribution in [3.63, 3.8) is 0 Å². The minimum Gasteiger partial charge on any atom is -0.304 e. The molecule has 96 valence electrons. The Hall–Kier alpha value is -2.23. The van der Waals surface area contributed by atoms with Crippen molar-refractivity contribution in [1.29, 1.82) is 0 Å². The molecule has 1 amide bonds. The van der Waals surface area contributed by atoms with Gasteiger partial charge in [0.25, 0.3) is 5.91 Å². The molecule has 2 aromatic rings. The zero-order valence-electron chi connectivity index (χ0n) is 11.0. The number of carbonyl (C=O) groups is 1. The molecule has 1 aliphatic heterocycles. The number of para-hydroxylation sites is 1. The Morgan fingerprint density at radius 3 is 2.79 bits per heavy atom. The van der Waals surface area contributed by atoms with E-state index in [-0.39, 0.29) is 11.9 Å². The fourth-order valence-electron chi connectivity index (χ4n) is 2.50. The minimum atomic E-state index is -0.0787. The lowest BCUT2D eigenvalue weighted by Crippen LogP contribution is -2.36. The first-order valence-electron chi connectivity index (χ1n) is 6.37. The van der Waals surface area contributed by atoms with E-state index in [0.717, 1.165) is 17.8 Å². The van der Waals surface area contributed by atoms with Gasteiger partial charge in [0.05, 0.1) is 11.9 Å². The van der Waals surface area contributed by atoms with E-state index in [4.69, 9.17) is 0 Å². The lowest BCUT2D eigenvalue weighted by molar-refractivity contribution is 0.0976. The zero-order chi connectivity index (χ0) is 13.4. The van der Waals surface area contributed by atoms with Crippen LogP contribution in [0.4, 0.5) is 5.69 Å². The third-order valence-electron chi connectivity index (χ3n) is 3.43. The maximum absolute atomic E-state index is 12.6.